The number of fused-ring (bicyclic) bond motifs is 5. The lowest BCUT2D eigenvalue weighted by molar-refractivity contribution is -0.148. The van der Waals surface area contributed by atoms with E-state index in [0.717, 1.165) is 134 Å². The van der Waals surface area contributed by atoms with Gasteiger partial charge < -0.3 is 13.9 Å². The molecule has 1 fully saturated rings. The summed E-state index contributed by atoms with van der Waals surface area (Å²) in [5.41, 5.74) is 12.8. The van der Waals surface area contributed by atoms with E-state index in [0.29, 0.717) is 63.6 Å². The fourth-order valence-corrected chi connectivity index (χ4v) is 16.9. The minimum atomic E-state index is -0.518. The van der Waals surface area contributed by atoms with Crippen molar-refractivity contribution < 1.29 is 28.7 Å². The Balaban J connectivity index is 0.000000143. The molecule has 0 radical (unpaired) electrons. The van der Waals surface area contributed by atoms with Gasteiger partial charge in [0.1, 0.15) is 27.8 Å². The summed E-state index contributed by atoms with van der Waals surface area (Å²) in [5, 5.41) is 30.9. The van der Waals surface area contributed by atoms with Gasteiger partial charge in [-0.3, -0.25) is 33.2 Å². The van der Waals surface area contributed by atoms with Crippen LogP contribution in [0, 0.1) is 36.5 Å². The fraction of sp³-hybridized carbons (Fsp3) is 0.247. The number of ether oxygens (including phenoxy) is 2. The maximum absolute atomic E-state index is 12.6. The van der Waals surface area contributed by atoms with Gasteiger partial charge in [-0.2, -0.15) is 15.6 Å². The summed E-state index contributed by atoms with van der Waals surface area (Å²) in [6.45, 7) is 17.7. The molecule has 0 aliphatic heterocycles. The van der Waals surface area contributed by atoms with Crippen molar-refractivity contribution >= 4 is 149 Å². The summed E-state index contributed by atoms with van der Waals surface area (Å²) < 4.78 is 14.6. The Morgan fingerprint density at radius 1 is 0.654 bits per heavy atom. The number of pyridine rings is 3. The van der Waals surface area contributed by atoms with E-state index in [1.807, 2.05) is 202 Å². The van der Waals surface area contributed by atoms with Crippen molar-refractivity contribution in [1.29, 1.82) is 10.5 Å². The molecule has 13 aromatic rings. The Bertz CT molecular complexity index is 5600. The maximum atomic E-state index is 12.6. The Labute approximate surface area is 654 Å². The van der Waals surface area contributed by atoms with Gasteiger partial charge >= 0.3 is 11.9 Å². The molecule has 1 saturated carbocycles. The first kappa shape index (κ1) is 78.6. The third kappa shape index (κ3) is 17.9. The van der Waals surface area contributed by atoms with Crippen LogP contribution in [0.25, 0.3) is 66.0 Å². The average molecular weight is 1560 g/mol. The van der Waals surface area contributed by atoms with Crippen molar-refractivity contribution in [2.45, 2.75) is 136 Å². The summed E-state index contributed by atoms with van der Waals surface area (Å²) in [4.78, 5) is 64.4. The van der Waals surface area contributed by atoms with Crippen molar-refractivity contribution in [3.63, 3.8) is 0 Å². The molecule has 0 bridgehead atoms. The van der Waals surface area contributed by atoms with E-state index in [9.17, 15) is 24.4 Å². The van der Waals surface area contributed by atoms with Gasteiger partial charge in [0, 0.05) is 106 Å². The zero-order chi connectivity index (χ0) is 76.5. The number of imidazole rings is 2. The standard InChI is InChI=1S/C27H22N2O2S.C20H20Cl2N2OS.C19H18Cl2N2O2.C19H17N3OS/c1-2-31-26(30)27(12-5-13-27)32-20-10-8-19-16-29-17-25(24(19)14-20)23-11-9-18(15-28)21-6-3-4-7-22(21)23;1-12-15-9-8-14(26-20(3,4)13(2)25)10-19(15)24(23-12)11-16-17(21)6-5-7-18(16)22;1-12-17-8-6-13(7-9-19(24)25-2)11-23(17)18(22-12)10-14-15(20)4-3-5-16(14)21;1-13(23)19(2,3)24-16-8-9-17-21-10-11-22(17)18(16)15-6-4-14(12-20)5-7-15/h3-4,6-11,14,16-17H,2,5,12-13H2,1H3;5-10H,11H2,1-4H3;3-6,8,11H,7,9-10H2,1-2H3;4-11H,1-3H3. The van der Waals surface area contributed by atoms with Gasteiger partial charge in [-0.1, -0.05) is 113 Å². The van der Waals surface area contributed by atoms with E-state index < -0.39 is 14.2 Å². The molecule has 7 aromatic carbocycles. The van der Waals surface area contributed by atoms with Crippen LogP contribution < -0.4 is 0 Å². The molecule has 15 nitrogen and oxygen atoms in total. The summed E-state index contributed by atoms with van der Waals surface area (Å²) in [6, 6.07) is 55.2. The number of benzene rings is 7. The molecule has 6 aromatic heterocycles. The van der Waals surface area contributed by atoms with Gasteiger partial charge in [0.15, 0.2) is 0 Å². The van der Waals surface area contributed by atoms with Crippen LogP contribution in [0.4, 0.5) is 0 Å². The normalized spacial score (nSPS) is 12.4. The molecule has 0 amide bonds. The number of aryl methyl sites for hydroxylation is 3. The van der Waals surface area contributed by atoms with E-state index in [-0.39, 0.29) is 23.5 Å². The maximum Gasteiger partial charge on any atom is 0.322 e. The Morgan fingerprint density at radius 3 is 1.97 bits per heavy atom. The molecule has 0 N–H and O–H groups in total. The van der Waals surface area contributed by atoms with E-state index in [1.54, 1.807) is 67.5 Å². The molecule has 6 heterocycles. The first-order valence-electron chi connectivity index (χ1n) is 34.6. The average Bonchev–Trinajstić information content (AvgIpc) is 1.59. The van der Waals surface area contributed by atoms with E-state index in [4.69, 9.17) is 61.1 Å². The smallest absolute Gasteiger partial charge is 0.322 e. The highest BCUT2D eigenvalue weighted by Crippen LogP contribution is 2.50. The number of hydrogen-bond acceptors (Lipinski definition) is 15. The second-order valence-corrected chi connectivity index (χ2v) is 33.2. The first-order valence-corrected chi connectivity index (χ1v) is 38.6. The second kappa shape index (κ2) is 34.2. The number of nitrogens with zero attached hydrogens (tertiary/aromatic N) is 9. The van der Waals surface area contributed by atoms with Crippen LogP contribution >= 0.6 is 81.7 Å². The van der Waals surface area contributed by atoms with Crippen molar-refractivity contribution in [1.82, 2.24) is 33.5 Å². The molecular weight excluding hydrogens is 1480 g/mol. The minimum Gasteiger partial charge on any atom is -0.469 e. The Morgan fingerprint density at radius 2 is 1.33 bits per heavy atom. The number of thioether (sulfide) groups is 3. The second-order valence-electron chi connectivity index (χ2n) is 26.8. The largest absolute Gasteiger partial charge is 0.469 e. The molecule has 1 aliphatic carbocycles. The summed E-state index contributed by atoms with van der Waals surface area (Å²) >= 11 is 30.0. The van der Waals surface area contributed by atoms with E-state index in [2.05, 4.69) is 62.5 Å². The Kier molecular flexibility index (Phi) is 25.1. The number of esters is 2. The van der Waals surface area contributed by atoms with Crippen molar-refractivity contribution in [2.24, 2.45) is 0 Å². The third-order valence-corrected chi connectivity index (χ3v) is 24.4. The van der Waals surface area contributed by atoms with Crippen LogP contribution in [-0.4, -0.2) is 85.0 Å². The molecule has 0 atom stereocenters. The Hall–Kier alpha value is -9.47. The number of aromatic nitrogens is 7. The van der Waals surface area contributed by atoms with Gasteiger partial charge in [-0.05, 0) is 212 Å². The minimum absolute atomic E-state index is 0.107. The van der Waals surface area contributed by atoms with E-state index in [1.165, 1.54) is 7.11 Å². The zero-order valence-electron chi connectivity index (χ0n) is 60.8. The predicted molar refractivity (Wildman–Crippen MR) is 435 cm³/mol. The van der Waals surface area contributed by atoms with Crippen LogP contribution in [0.1, 0.15) is 119 Å². The van der Waals surface area contributed by atoms with Crippen molar-refractivity contribution in [3.05, 3.63) is 254 Å². The van der Waals surface area contributed by atoms with Crippen LogP contribution in [0.3, 0.4) is 0 Å². The molecular formula is C85H77Cl4N9O6S3. The molecule has 107 heavy (non-hydrogen) atoms. The third-order valence-electron chi connectivity index (χ3n) is 18.9. The van der Waals surface area contributed by atoms with Crippen LogP contribution in [0.15, 0.2) is 203 Å². The van der Waals surface area contributed by atoms with Gasteiger partial charge in [0.2, 0.25) is 0 Å². The van der Waals surface area contributed by atoms with Gasteiger partial charge in [0.05, 0.1) is 81.1 Å². The number of carbonyl (C=O) groups is 4. The lowest BCUT2D eigenvalue weighted by atomic mass is 9.84. The number of rotatable bonds is 19. The summed E-state index contributed by atoms with van der Waals surface area (Å²) in [5.74, 6) is 0.816. The highest BCUT2D eigenvalue weighted by atomic mass is 35.5. The highest BCUT2D eigenvalue weighted by molar-refractivity contribution is 8.02. The van der Waals surface area contributed by atoms with Crippen molar-refractivity contribution in [2.75, 3.05) is 13.7 Å². The van der Waals surface area contributed by atoms with Crippen LogP contribution in [0.5, 0.6) is 0 Å². The molecule has 0 unspecified atom stereocenters. The highest BCUT2D eigenvalue weighted by Gasteiger charge is 2.46. The summed E-state index contributed by atoms with van der Waals surface area (Å²) in [7, 11) is 1.40. The molecule has 0 saturated heterocycles. The predicted octanol–water partition coefficient (Wildman–Crippen LogP) is 21.6. The molecule has 22 heteroatoms. The van der Waals surface area contributed by atoms with E-state index >= 15 is 0 Å². The van der Waals surface area contributed by atoms with Gasteiger partial charge in [0.25, 0.3) is 0 Å². The first-order chi connectivity index (χ1) is 51.2. The lowest BCUT2D eigenvalue weighted by Gasteiger charge is -2.38. The van der Waals surface area contributed by atoms with Crippen molar-refractivity contribution in [3.8, 4) is 34.5 Å². The number of methoxy groups -OCH3 is 1. The quantitative estimate of drug-likeness (QED) is 0.0546. The molecule has 14 rings (SSSR count). The van der Waals surface area contributed by atoms with Gasteiger partial charge in [-0.15, -0.1) is 35.3 Å². The SMILES string of the molecule is CC(=O)C(C)(C)Sc1ccc2c(C)nn(Cc3c(Cl)cccc3Cl)c2c1.CC(=O)C(C)(C)Sc1ccc2nccn2c1-c1ccc(C#N)cc1.CCOC(=O)C1(Sc2ccc3cncc(-c4ccc(C#N)c5ccccc45)c3c2)CCC1.COC(=O)CCc1ccc2c(C)nc(Cc3c(Cl)cccc3Cl)n2c1. The zero-order valence-corrected chi connectivity index (χ0v) is 66.2. The van der Waals surface area contributed by atoms with Crippen LogP contribution in [-0.2, 0) is 48.0 Å². The molecule has 1 aliphatic rings. The number of ketones is 2. The number of carbonyl (C=O) groups excluding carboxylic acids is 4. The summed E-state index contributed by atoms with van der Waals surface area (Å²) in [6.07, 6.45) is 13.7. The topological polar surface area (TPSA) is 200 Å². The lowest BCUT2D eigenvalue weighted by Crippen LogP contribution is -2.43. The van der Waals surface area contributed by atoms with Gasteiger partial charge in [-0.25, -0.2) is 9.97 Å². The monoisotopic (exact) mass is 1560 g/mol. The number of hydrogen-bond donors (Lipinski definition) is 0. The number of halogens is 4. The molecule has 544 valence electrons. The molecule has 0 spiro atoms. The fourth-order valence-electron chi connectivity index (χ4n) is 12.3. The van der Waals surface area contributed by atoms with Crippen LogP contribution in [0.2, 0.25) is 20.1 Å². The number of nitriles is 2. The number of Topliss-reactive ketones (excluding diaryl/α,β-unsaturated/α-hetero) is 2.